The molecule has 1 aromatic carbocycles. The molecule has 1 saturated heterocycles. The maximum atomic E-state index is 12.7. The van der Waals surface area contributed by atoms with E-state index < -0.39 is 15.1 Å². The molecule has 0 spiro atoms. The Balaban J connectivity index is 1.67. The zero-order valence-corrected chi connectivity index (χ0v) is 17.8. The number of amides is 1. The fraction of sp³-hybridized carbons (Fsp3) is 0.476. The molecule has 4 nitrogen and oxygen atoms in total. The maximum absolute atomic E-state index is 12.7. The van der Waals surface area contributed by atoms with Gasteiger partial charge in [0.05, 0.1) is 17.4 Å². The quantitative estimate of drug-likeness (QED) is 0.776. The van der Waals surface area contributed by atoms with Crippen LogP contribution >= 0.6 is 11.3 Å². The fourth-order valence-electron chi connectivity index (χ4n) is 3.40. The van der Waals surface area contributed by atoms with Gasteiger partial charge in [-0.1, -0.05) is 51.1 Å². The molecule has 146 valence electrons. The van der Waals surface area contributed by atoms with Crippen LogP contribution in [0.3, 0.4) is 0 Å². The molecular weight excluding hydrogens is 378 g/mol. The van der Waals surface area contributed by atoms with Crippen LogP contribution in [0, 0.1) is 0 Å². The summed E-state index contributed by atoms with van der Waals surface area (Å²) in [5, 5.41) is 1.42. The molecule has 1 atom stereocenters. The highest BCUT2D eigenvalue weighted by Gasteiger charge is 2.33. The summed E-state index contributed by atoms with van der Waals surface area (Å²) in [6.07, 6.45) is 0.783. The Kier molecular flexibility index (Phi) is 5.77. The second kappa shape index (κ2) is 7.76. The molecule has 0 aliphatic carbocycles. The second-order valence-electron chi connectivity index (χ2n) is 8.16. The van der Waals surface area contributed by atoms with Crippen molar-refractivity contribution in [2.24, 2.45) is 0 Å². The van der Waals surface area contributed by atoms with Crippen LogP contribution in [-0.4, -0.2) is 38.1 Å². The second-order valence-corrected chi connectivity index (χ2v) is 11.4. The van der Waals surface area contributed by atoms with Crippen LogP contribution in [-0.2, 0) is 26.5 Å². The lowest BCUT2D eigenvalue weighted by Crippen LogP contribution is -2.34. The lowest BCUT2D eigenvalue weighted by molar-refractivity contribution is -0.130. The Morgan fingerprint density at radius 2 is 1.85 bits per heavy atom. The van der Waals surface area contributed by atoms with Crippen molar-refractivity contribution in [3.8, 4) is 0 Å². The molecule has 0 saturated carbocycles. The average Bonchev–Trinajstić information content (AvgIpc) is 3.06. The zero-order chi connectivity index (χ0) is 19.7. The molecule has 1 amide bonds. The molecule has 0 bridgehead atoms. The summed E-state index contributed by atoms with van der Waals surface area (Å²) in [6.45, 7) is 7.25. The minimum Gasteiger partial charge on any atom is -0.341 e. The number of rotatable bonds is 3. The van der Waals surface area contributed by atoms with Crippen molar-refractivity contribution in [2.75, 3.05) is 18.8 Å². The van der Waals surface area contributed by atoms with E-state index in [1.165, 1.54) is 16.9 Å². The van der Waals surface area contributed by atoms with Crippen molar-refractivity contribution in [2.45, 2.75) is 44.3 Å². The minimum absolute atomic E-state index is 0.000498. The summed E-state index contributed by atoms with van der Waals surface area (Å²) in [6, 6.07) is 11.9. The van der Waals surface area contributed by atoms with Gasteiger partial charge in [0, 0.05) is 18.0 Å². The smallest absolute Gasteiger partial charge is 0.227 e. The molecule has 2 aromatic rings. The summed E-state index contributed by atoms with van der Waals surface area (Å²) in [5.41, 5.74) is 2.28. The van der Waals surface area contributed by atoms with Gasteiger partial charge in [-0.15, -0.1) is 11.3 Å². The highest BCUT2D eigenvalue weighted by Crippen LogP contribution is 2.32. The monoisotopic (exact) mass is 405 g/mol. The third kappa shape index (κ3) is 4.79. The number of sulfone groups is 1. The fourth-order valence-corrected chi connectivity index (χ4v) is 6.40. The van der Waals surface area contributed by atoms with E-state index >= 15 is 0 Å². The Morgan fingerprint density at radius 3 is 2.44 bits per heavy atom. The molecule has 1 fully saturated rings. The van der Waals surface area contributed by atoms with Crippen LogP contribution in [0.2, 0.25) is 0 Å². The van der Waals surface area contributed by atoms with E-state index in [2.05, 4.69) is 32.9 Å². The van der Waals surface area contributed by atoms with Gasteiger partial charge >= 0.3 is 0 Å². The van der Waals surface area contributed by atoms with Crippen LogP contribution in [0.25, 0.3) is 0 Å². The summed E-state index contributed by atoms with van der Waals surface area (Å²) < 4.78 is 25.3. The van der Waals surface area contributed by atoms with Crippen molar-refractivity contribution < 1.29 is 13.2 Å². The number of nitrogens with zero attached hydrogens (tertiary/aromatic N) is 1. The predicted molar refractivity (Wildman–Crippen MR) is 111 cm³/mol. The number of thiophene rings is 1. The number of hydrogen-bond acceptors (Lipinski definition) is 4. The van der Waals surface area contributed by atoms with Gasteiger partial charge in [-0.3, -0.25) is 4.79 Å². The molecule has 2 heterocycles. The van der Waals surface area contributed by atoms with Crippen molar-refractivity contribution in [3.63, 3.8) is 0 Å². The normalized spacial score (nSPS) is 20.3. The Labute approximate surface area is 166 Å². The van der Waals surface area contributed by atoms with E-state index in [0.717, 1.165) is 10.4 Å². The molecule has 1 aliphatic heterocycles. The highest BCUT2D eigenvalue weighted by atomic mass is 32.2. The Hall–Kier alpha value is -1.66. The van der Waals surface area contributed by atoms with E-state index in [1.807, 2.05) is 29.6 Å². The predicted octanol–water partition coefficient (Wildman–Crippen LogP) is 3.98. The van der Waals surface area contributed by atoms with Crippen molar-refractivity contribution in [3.05, 3.63) is 57.8 Å². The van der Waals surface area contributed by atoms with Gasteiger partial charge in [-0.05, 0) is 34.4 Å². The first-order valence-electron chi connectivity index (χ1n) is 9.29. The van der Waals surface area contributed by atoms with Crippen LogP contribution in [0.15, 0.2) is 41.8 Å². The molecule has 1 unspecified atom stereocenters. The van der Waals surface area contributed by atoms with Gasteiger partial charge in [0.15, 0.2) is 9.84 Å². The lowest BCUT2D eigenvalue weighted by atomic mass is 9.86. The van der Waals surface area contributed by atoms with Gasteiger partial charge in [0.2, 0.25) is 5.91 Å². The van der Waals surface area contributed by atoms with E-state index in [0.29, 0.717) is 19.4 Å². The number of benzene rings is 1. The Bertz CT molecular complexity index is 879. The van der Waals surface area contributed by atoms with Crippen molar-refractivity contribution in [1.82, 2.24) is 4.90 Å². The van der Waals surface area contributed by atoms with Crippen LogP contribution in [0.1, 0.15) is 48.4 Å². The summed E-state index contributed by atoms with van der Waals surface area (Å²) in [7, 11) is -3.23. The van der Waals surface area contributed by atoms with Crippen LogP contribution in [0.4, 0.5) is 0 Å². The molecule has 1 aliphatic rings. The number of carbonyl (C=O) groups is 1. The summed E-state index contributed by atoms with van der Waals surface area (Å²) in [4.78, 5) is 15.3. The molecule has 3 rings (SSSR count). The van der Waals surface area contributed by atoms with Crippen molar-refractivity contribution >= 4 is 27.1 Å². The van der Waals surface area contributed by atoms with Crippen LogP contribution < -0.4 is 0 Å². The SMILES string of the molecule is CC(C)(C)c1ccc(CC(=O)N2CCC(c3cccs3)S(=O)(=O)CC2)cc1. The lowest BCUT2D eigenvalue weighted by Gasteiger charge is -2.21. The highest BCUT2D eigenvalue weighted by molar-refractivity contribution is 7.91. The third-order valence-electron chi connectivity index (χ3n) is 5.13. The average molecular weight is 406 g/mol. The topological polar surface area (TPSA) is 54.5 Å². The first-order chi connectivity index (χ1) is 12.7. The van der Waals surface area contributed by atoms with Gasteiger partial charge in [0.25, 0.3) is 0 Å². The maximum Gasteiger partial charge on any atom is 0.227 e. The number of carbonyl (C=O) groups excluding carboxylic acids is 1. The minimum atomic E-state index is -3.23. The Morgan fingerprint density at radius 1 is 1.15 bits per heavy atom. The molecular formula is C21H27NO3S2. The third-order valence-corrected chi connectivity index (χ3v) is 8.37. The molecule has 0 N–H and O–H groups in total. The molecule has 0 radical (unpaired) electrons. The molecule has 1 aromatic heterocycles. The van der Waals surface area contributed by atoms with Crippen LogP contribution in [0.5, 0.6) is 0 Å². The zero-order valence-electron chi connectivity index (χ0n) is 16.1. The largest absolute Gasteiger partial charge is 0.341 e. The first-order valence-corrected chi connectivity index (χ1v) is 11.9. The first kappa shape index (κ1) is 20.1. The standard InChI is InChI=1S/C21H27NO3S2/c1-21(2,3)17-8-6-16(7-9-17)15-20(23)22-11-10-19(18-5-4-13-26-18)27(24,25)14-12-22/h4-9,13,19H,10-12,14-15H2,1-3H3. The van der Waals surface area contributed by atoms with Gasteiger partial charge in [-0.2, -0.15) is 0 Å². The molecule has 27 heavy (non-hydrogen) atoms. The summed E-state index contributed by atoms with van der Waals surface area (Å²) in [5.74, 6) is 0.0325. The molecule has 6 heteroatoms. The van der Waals surface area contributed by atoms with Gasteiger partial charge in [0.1, 0.15) is 0 Å². The van der Waals surface area contributed by atoms with E-state index in [1.54, 1.807) is 4.90 Å². The van der Waals surface area contributed by atoms with E-state index in [9.17, 15) is 13.2 Å². The van der Waals surface area contributed by atoms with Gasteiger partial charge < -0.3 is 4.90 Å². The van der Waals surface area contributed by atoms with Gasteiger partial charge in [-0.25, -0.2) is 8.42 Å². The van der Waals surface area contributed by atoms with Crippen molar-refractivity contribution in [1.29, 1.82) is 0 Å². The van der Waals surface area contributed by atoms with E-state index in [-0.39, 0.29) is 23.6 Å². The van der Waals surface area contributed by atoms with E-state index in [4.69, 9.17) is 0 Å². The number of hydrogen-bond donors (Lipinski definition) is 0. The summed E-state index contributed by atoms with van der Waals surface area (Å²) >= 11 is 1.47.